The van der Waals surface area contributed by atoms with Gasteiger partial charge in [-0.1, -0.05) is 72.3 Å². The fourth-order valence-electron chi connectivity index (χ4n) is 4.08. The Morgan fingerprint density at radius 3 is 2.47 bits per heavy atom. The van der Waals surface area contributed by atoms with Crippen molar-refractivity contribution in [2.75, 3.05) is 11.9 Å². The molecule has 2 atom stereocenters. The van der Waals surface area contributed by atoms with Gasteiger partial charge < -0.3 is 20.3 Å². The number of hydrogen-bond acceptors (Lipinski definition) is 4. The number of aryl methyl sites for hydroxylation is 1. The van der Waals surface area contributed by atoms with Crippen LogP contribution in [-0.2, 0) is 20.9 Å². The van der Waals surface area contributed by atoms with E-state index in [1.54, 1.807) is 11.9 Å². The van der Waals surface area contributed by atoms with E-state index in [4.69, 9.17) is 4.74 Å². The molecule has 3 aromatic rings. The number of alkyl carbamates (subject to hydrolysis) is 1. The molecule has 7 nitrogen and oxygen atoms in total. The monoisotopic (exact) mass is 457 g/mol. The van der Waals surface area contributed by atoms with Gasteiger partial charge in [0.1, 0.15) is 6.04 Å². The maximum absolute atomic E-state index is 13.3. The summed E-state index contributed by atoms with van der Waals surface area (Å²) >= 11 is 0. The maximum Gasteiger partial charge on any atom is 0.408 e. The number of para-hydroxylation sites is 1. The molecule has 2 N–H and O–H groups in total. The number of benzene rings is 3. The van der Waals surface area contributed by atoms with Gasteiger partial charge >= 0.3 is 6.09 Å². The molecule has 3 amide bonds. The van der Waals surface area contributed by atoms with E-state index in [0.717, 1.165) is 27.9 Å². The first-order valence-corrected chi connectivity index (χ1v) is 11.1. The zero-order valence-corrected chi connectivity index (χ0v) is 19.4. The molecular weight excluding hydrogens is 430 g/mol. The van der Waals surface area contributed by atoms with E-state index in [1.807, 2.05) is 79.7 Å². The topological polar surface area (TPSA) is 87.7 Å². The van der Waals surface area contributed by atoms with E-state index in [-0.39, 0.29) is 12.5 Å². The number of ether oxygens (including phenoxy) is 1. The van der Waals surface area contributed by atoms with Gasteiger partial charge in [-0.25, -0.2) is 4.79 Å². The number of fused-ring (bicyclic) bond motifs is 3. The van der Waals surface area contributed by atoms with Crippen LogP contribution < -0.4 is 15.5 Å². The van der Waals surface area contributed by atoms with Gasteiger partial charge in [0.15, 0.2) is 6.10 Å². The van der Waals surface area contributed by atoms with Crippen molar-refractivity contribution in [1.29, 1.82) is 0 Å². The van der Waals surface area contributed by atoms with E-state index in [2.05, 4.69) is 10.6 Å². The lowest BCUT2D eigenvalue weighted by Gasteiger charge is -2.24. The first-order valence-electron chi connectivity index (χ1n) is 11.1. The number of carbonyl (C=O) groups is 3. The zero-order chi connectivity index (χ0) is 24.2. The summed E-state index contributed by atoms with van der Waals surface area (Å²) < 4.78 is 5.26. The van der Waals surface area contributed by atoms with Crippen LogP contribution >= 0.6 is 0 Å². The van der Waals surface area contributed by atoms with Crippen molar-refractivity contribution >= 4 is 23.6 Å². The quantitative estimate of drug-likeness (QED) is 0.604. The highest BCUT2D eigenvalue weighted by atomic mass is 16.6. The number of hydrogen-bond donors (Lipinski definition) is 2. The standard InChI is InChI=1S/C27H27N3O4/c1-17-9-8-10-19(15-17)16-28-27(33)34-18(2)25(31)29-24-22-13-5-4-11-20(22)21-12-6-7-14-23(21)30(3)26(24)32/h4-15,18,24H,16H2,1-3H3,(H,28,33)(H,29,31)/t18-,24?/m0/s1. The lowest BCUT2D eigenvalue weighted by molar-refractivity contribution is -0.132. The Balaban J connectivity index is 1.46. The minimum absolute atomic E-state index is 0.276. The summed E-state index contributed by atoms with van der Waals surface area (Å²) in [6.07, 6.45) is -1.80. The Morgan fingerprint density at radius 2 is 1.71 bits per heavy atom. The molecule has 0 aromatic heterocycles. The average molecular weight is 458 g/mol. The molecule has 0 saturated carbocycles. The Kier molecular flexibility index (Phi) is 6.63. The molecule has 4 rings (SSSR count). The molecule has 0 bridgehead atoms. The molecule has 0 fully saturated rings. The normalized spacial score (nSPS) is 15.4. The van der Waals surface area contributed by atoms with Gasteiger partial charge in [0.2, 0.25) is 0 Å². The van der Waals surface area contributed by atoms with Crippen molar-refractivity contribution in [3.8, 4) is 11.1 Å². The molecule has 34 heavy (non-hydrogen) atoms. The summed E-state index contributed by atoms with van der Waals surface area (Å²) in [6.45, 7) is 3.73. The third-order valence-electron chi connectivity index (χ3n) is 5.86. The largest absolute Gasteiger partial charge is 0.436 e. The molecule has 3 aromatic carbocycles. The van der Waals surface area contributed by atoms with Crippen LogP contribution in [-0.4, -0.2) is 31.1 Å². The van der Waals surface area contributed by atoms with E-state index in [1.165, 1.54) is 6.92 Å². The predicted molar refractivity (Wildman–Crippen MR) is 130 cm³/mol. The molecule has 7 heteroatoms. The third-order valence-corrected chi connectivity index (χ3v) is 5.86. The Labute approximate surface area is 198 Å². The lowest BCUT2D eigenvalue weighted by Crippen LogP contribution is -2.45. The number of nitrogens with one attached hydrogen (secondary N) is 2. The van der Waals surface area contributed by atoms with Crippen LogP contribution in [0.3, 0.4) is 0 Å². The van der Waals surface area contributed by atoms with Gasteiger partial charge in [-0.15, -0.1) is 0 Å². The van der Waals surface area contributed by atoms with E-state index >= 15 is 0 Å². The Hall–Kier alpha value is -4.13. The highest BCUT2D eigenvalue weighted by Crippen LogP contribution is 2.39. The molecule has 174 valence electrons. The number of nitrogens with zero attached hydrogens (tertiary/aromatic N) is 1. The molecular formula is C27H27N3O4. The van der Waals surface area contributed by atoms with Gasteiger partial charge in [-0.2, -0.15) is 0 Å². The second-order valence-corrected chi connectivity index (χ2v) is 8.33. The number of rotatable bonds is 5. The van der Waals surface area contributed by atoms with E-state index in [0.29, 0.717) is 5.56 Å². The first-order chi connectivity index (χ1) is 16.3. The summed E-state index contributed by atoms with van der Waals surface area (Å²) in [6, 6.07) is 21.9. The van der Waals surface area contributed by atoms with Crippen LogP contribution in [0.2, 0.25) is 0 Å². The number of likely N-dealkylation sites (N-methyl/N-ethyl adjacent to an activating group) is 1. The van der Waals surface area contributed by atoms with Gasteiger partial charge in [-0.3, -0.25) is 9.59 Å². The van der Waals surface area contributed by atoms with Crippen molar-refractivity contribution in [3.63, 3.8) is 0 Å². The Morgan fingerprint density at radius 1 is 1.00 bits per heavy atom. The number of amides is 3. The lowest BCUT2D eigenvalue weighted by atomic mass is 9.95. The molecule has 1 aliphatic heterocycles. The summed E-state index contributed by atoms with van der Waals surface area (Å²) in [5.74, 6) is -0.833. The van der Waals surface area contributed by atoms with Crippen molar-refractivity contribution < 1.29 is 19.1 Å². The molecule has 0 radical (unpaired) electrons. The first kappa shape index (κ1) is 23.0. The smallest absolute Gasteiger partial charge is 0.408 e. The molecule has 1 heterocycles. The zero-order valence-electron chi connectivity index (χ0n) is 19.4. The number of anilines is 1. The molecule has 0 aliphatic carbocycles. The minimum atomic E-state index is -1.09. The summed E-state index contributed by atoms with van der Waals surface area (Å²) in [5, 5.41) is 5.43. The van der Waals surface area contributed by atoms with Crippen LogP contribution in [0.25, 0.3) is 11.1 Å². The molecule has 0 spiro atoms. The second-order valence-electron chi connectivity index (χ2n) is 8.33. The van der Waals surface area contributed by atoms with Gasteiger partial charge in [0, 0.05) is 19.2 Å². The van der Waals surface area contributed by atoms with Crippen LogP contribution in [0.15, 0.2) is 72.8 Å². The summed E-state index contributed by atoms with van der Waals surface area (Å²) in [7, 11) is 1.69. The summed E-state index contributed by atoms with van der Waals surface area (Å²) in [5.41, 5.74) is 5.24. The average Bonchev–Trinajstić information content (AvgIpc) is 2.92. The highest BCUT2D eigenvalue weighted by Gasteiger charge is 2.34. The fraction of sp³-hybridized carbons (Fsp3) is 0.222. The number of carbonyl (C=O) groups excluding carboxylic acids is 3. The minimum Gasteiger partial charge on any atom is -0.436 e. The van der Waals surface area contributed by atoms with Crippen LogP contribution in [0.5, 0.6) is 0 Å². The Bertz CT molecular complexity index is 1240. The van der Waals surface area contributed by atoms with Crippen LogP contribution in [0, 0.1) is 6.92 Å². The third kappa shape index (κ3) is 4.78. The second kappa shape index (κ2) is 9.79. The van der Waals surface area contributed by atoms with E-state index < -0.39 is 24.1 Å². The molecule has 0 saturated heterocycles. The molecule has 1 unspecified atom stereocenters. The van der Waals surface area contributed by atoms with Crippen molar-refractivity contribution in [3.05, 3.63) is 89.5 Å². The predicted octanol–water partition coefficient (Wildman–Crippen LogP) is 4.11. The molecule has 1 aliphatic rings. The van der Waals surface area contributed by atoms with Crippen molar-refractivity contribution in [1.82, 2.24) is 10.6 Å². The summed E-state index contributed by atoms with van der Waals surface area (Å²) in [4.78, 5) is 40.0. The fourth-order valence-corrected chi connectivity index (χ4v) is 4.08. The van der Waals surface area contributed by atoms with Gasteiger partial charge in [0.05, 0.1) is 5.69 Å². The SMILES string of the molecule is Cc1cccc(CNC(=O)O[C@@H](C)C(=O)NC2C(=O)N(C)c3ccccc3-c3ccccc32)c1. The van der Waals surface area contributed by atoms with Crippen molar-refractivity contribution in [2.24, 2.45) is 0 Å². The highest BCUT2D eigenvalue weighted by molar-refractivity contribution is 6.06. The van der Waals surface area contributed by atoms with Crippen LogP contribution in [0.1, 0.15) is 29.7 Å². The van der Waals surface area contributed by atoms with Crippen molar-refractivity contribution in [2.45, 2.75) is 32.5 Å². The van der Waals surface area contributed by atoms with Gasteiger partial charge in [0.25, 0.3) is 11.8 Å². The van der Waals surface area contributed by atoms with Crippen LogP contribution in [0.4, 0.5) is 10.5 Å². The maximum atomic E-state index is 13.3. The van der Waals surface area contributed by atoms with E-state index in [9.17, 15) is 14.4 Å². The van der Waals surface area contributed by atoms with Gasteiger partial charge in [-0.05, 0) is 36.6 Å².